The number of nitrogens with zero attached hydrogens (tertiary/aromatic N) is 1. The van der Waals surface area contributed by atoms with Crippen LogP contribution >= 0.6 is 34.2 Å². The lowest BCUT2D eigenvalue weighted by Gasteiger charge is -2.01. The molecule has 0 aromatic carbocycles. The van der Waals surface area contributed by atoms with Gasteiger partial charge >= 0.3 is 0 Å². The molecule has 0 unspecified atom stereocenters. The third-order valence-corrected chi connectivity index (χ3v) is 3.94. The molecule has 3 nitrogen and oxygen atoms in total. The molecule has 0 saturated heterocycles. The molecule has 5 heteroatoms. The van der Waals surface area contributed by atoms with Crippen molar-refractivity contribution < 1.29 is 9.59 Å². The first kappa shape index (κ1) is 9.14. The Morgan fingerprint density at radius 2 is 1.46 bits per heavy atom. The number of imide groups is 1. The van der Waals surface area contributed by atoms with Crippen molar-refractivity contribution in [2.45, 2.75) is 13.8 Å². The van der Waals surface area contributed by atoms with Crippen molar-refractivity contribution in [3.05, 3.63) is 20.9 Å². The molecule has 0 saturated carbocycles. The number of thiophene rings is 1. The van der Waals surface area contributed by atoms with Crippen LogP contribution in [0.4, 0.5) is 0 Å². The number of hydrogen-bond donors (Lipinski definition) is 0. The molecule has 0 radical (unpaired) electrons. The lowest BCUT2D eigenvalue weighted by Crippen LogP contribution is -2.18. The van der Waals surface area contributed by atoms with Crippen LogP contribution in [0.5, 0.6) is 0 Å². The zero-order chi connectivity index (χ0) is 9.75. The minimum Gasteiger partial charge on any atom is -0.268 e. The zero-order valence-corrected chi connectivity index (χ0v) is 10.0. The minimum atomic E-state index is -0.178. The van der Waals surface area contributed by atoms with Crippen LogP contribution in [0.3, 0.4) is 0 Å². The van der Waals surface area contributed by atoms with Crippen LogP contribution in [-0.2, 0) is 0 Å². The van der Waals surface area contributed by atoms with E-state index in [4.69, 9.17) is 0 Å². The van der Waals surface area contributed by atoms with Gasteiger partial charge in [-0.3, -0.25) is 9.59 Å². The molecule has 1 aliphatic heterocycles. The maximum atomic E-state index is 11.5. The molecule has 1 aromatic heterocycles. The molecule has 68 valence electrons. The topological polar surface area (TPSA) is 37.4 Å². The van der Waals surface area contributed by atoms with Crippen LogP contribution < -0.4 is 0 Å². The number of amides is 2. The molecule has 2 amide bonds. The van der Waals surface area contributed by atoms with Gasteiger partial charge in [0.2, 0.25) is 0 Å². The van der Waals surface area contributed by atoms with Crippen LogP contribution in [-0.4, -0.2) is 14.9 Å². The Kier molecular flexibility index (Phi) is 1.95. The maximum absolute atomic E-state index is 11.5. The molecule has 13 heavy (non-hydrogen) atoms. The van der Waals surface area contributed by atoms with Crippen molar-refractivity contribution in [3.8, 4) is 0 Å². The number of fused-ring (bicyclic) bond motifs is 1. The first-order valence-electron chi connectivity index (χ1n) is 3.68. The summed E-state index contributed by atoms with van der Waals surface area (Å²) in [4.78, 5) is 25.0. The van der Waals surface area contributed by atoms with E-state index in [0.29, 0.717) is 11.1 Å². The average molecular weight is 307 g/mol. The lowest BCUT2D eigenvalue weighted by atomic mass is 10.1. The highest BCUT2D eigenvalue weighted by molar-refractivity contribution is 14.1. The average Bonchev–Trinajstić information content (AvgIpc) is 2.47. The van der Waals surface area contributed by atoms with E-state index in [-0.39, 0.29) is 11.8 Å². The molecule has 2 heterocycles. The summed E-state index contributed by atoms with van der Waals surface area (Å²) in [7, 11) is 0. The molecule has 0 atom stereocenters. The number of aryl methyl sites for hydroxylation is 2. The number of carbonyl (C=O) groups is 2. The molecule has 0 spiro atoms. The van der Waals surface area contributed by atoms with E-state index >= 15 is 0 Å². The monoisotopic (exact) mass is 307 g/mol. The standard InChI is InChI=1S/C8H6INO2S/c1-3-5-6(4(2)13-3)8(12)10(9)7(5)11/h1-2H3. The Morgan fingerprint density at radius 1 is 1.08 bits per heavy atom. The van der Waals surface area contributed by atoms with Crippen LogP contribution in [0.2, 0.25) is 0 Å². The van der Waals surface area contributed by atoms with E-state index < -0.39 is 0 Å². The second-order valence-electron chi connectivity index (χ2n) is 2.86. The first-order valence-corrected chi connectivity index (χ1v) is 5.46. The SMILES string of the molecule is Cc1sc(C)c2c1C(=O)N(I)C2=O. The smallest absolute Gasteiger partial charge is 0.268 e. The van der Waals surface area contributed by atoms with Gasteiger partial charge in [-0.05, 0) is 13.8 Å². The number of rotatable bonds is 0. The Labute approximate surface area is 93.2 Å². The van der Waals surface area contributed by atoms with Gasteiger partial charge in [0.1, 0.15) is 0 Å². The largest absolute Gasteiger partial charge is 0.271 e. The number of hydrogen-bond acceptors (Lipinski definition) is 3. The second kappa shape index (κ2) is 2.78. The van der Waals surface area contributed by atoms with Gasteiger partial charge in [0.15, 0.2) is 0 Å². The van der Waals surface area contributed by atoms with E-state index in [1.165, 1.54) is 11.3 Å². The fourth-order valence-electron chi connectivity index (χ4n) is 1.49. The van der Waals surface area contributed by atoms with Crippen LogP contribution in [0, 0.1) is 13.8 Å². The van der Waals surface area contributed by atoms with E-state index in [1.807, 2.05) is 13.8 Å². The van der Waals surface area contributed by atoms with E-state index in [2.05, 4.69) is 0 Å². The van der Waals surface area contributed by atoms with Gasteiger partial charge in [-0.15, -0.1) is 11.3 Å². The quantitative estimate of drug-likeness (QED) is 0.419. The molecular formula is C8H6INO2S. The molecule has 1 aliphatic rings. The van der Waals surface area contributed by atoms with Crippen LogP contribution in [0.25, 0.3) is 0 Å². The predicted molar refractivity (Wildman–Crippen MR) is 58.3 cm³/mol. The molecule has 2 rings (SSSR count). The van der Waals surface area contributed by atoms with Gasteiger partial charge in [0, 0.05) is 9.75 Å². The summed E-state index contributed by atoms with van der Waals surface area (Å²) >= 11 is 3.26. The van der Waals surface area contributed by atoms with E-state index in [9.17, 15) is 9.59 Å². The van der Waals surface area contributed by atoms with Gasteiger partial charge in [-0.25, -0.2) is 3.11 Å². The fourth-order valence-corrected chi connectivity index (χ4v) is 3.01. The van der Waals surface area contributed by atoms with E-state index in [1.54, 1.807) is 22.9 Å². The molecular weight excluding hydrogens is 301 g/mol. The van der Waals surface area contributed by atoms with E-state index in [0.717, 1.165) is 12.9 Å². The maximum Gasteiger partial charge on any atom is 0.271 e. The second-order valence-corrected chi connectivity index (χ2v) is 5.25. The van der Waals surface area contributed by atoms with Crippen LogP contribution in [0.1, 0.15) is 30.5 Å². The summed E-state index contributed by atoms with van der Waals surface area (Å²) in [5, 5.41) is 0. The highest BCUT2D eigenvalue weighted by Crippen LogP contribution is 2.35. The van der Waals surface area contributed by atoms with Crippen molar-refractivity contribution in [1.29, 1.82) is 0 Å². The van der Waals surface area contributed by atoms with Crippen molar-refractivity contribution in [3.63, 3.8) is 0 Å². The third-order valence-electron chi connectivity index (χ3n) is 2.04. The summed E-state index contributed by atoms with van der Waals surface area (Å²) in [6.45, 7) is 3.74. The molecule has 1 aromatic rings. The Bertz CT molecular complexity index is 388. The third kappa shape index (κ3) is 1.06. The minimum absolute atomic E-state index is 0.178. The fraction of sp³-hybridized carbons (Fsp3) is 0.250. The number of halogens is 1. The Morgan fingerprint density at radius 3 is 1.85 bits per heavy atom. The van der Waals surface area contributed by atoms with Crippen molar-refractivity contribution in [1.82, 2.24) is 3.11 Å². The van der Waals surface area contributed by atoms with Crippen molar-refractivity contribution in [2.75, 3.05) is 0 Å². The molecule has 0 fully saturated rings. The van der Waals surface area contributed by atoms with Crippen molar-refractivity contribution in [2.24, 2.45) is 0 Å². The van der Waals surface area contributed by atoms with Crippen LogP contribution in [0.15, 0.2) is 0 Å². The van der Waals surface area contributed by atoms with Gasteiger partial charge in [-0.1, -0.05) is 0 Å². The lowest BCUT2D eigenvalue weighted by molar-refractivity contribution is 0.0796. The summed E-state index contributed by atoms with van der Waals surface area (Å²) < 4.78 is 1.15. The zero-order valence-electron chi connectivity index (χ0n) is 7.05. The normalized spacial score (nSPS) is 15.5. The Balaban J connectivity index is 2.75. The summed E-state index contributed by atoms with van der Waals surface area (Å²) in [5.41, 5.74) is 1.20. The predicted octanol–water partition coefficient (Wildman–Crippen LogP) is 2.31. The van der Waals surface area contributed by atoms with Gasteiger partial charge in [0.25, 0.3) is 11.8 Å². The summed E-state index contributed by atoms with van der Waals surface area (Å²) in [6.07, 6.45) is 0. The summed E-state index contributed by atoms with van der Waals surface area (Å²) in [6, 6.07) is 0. The van der Waals surface area contributed by atoms with Crippen molar-refractivity contribution >= 4 is 46.0 Å². The molecule has 0 bridgehead atoms. The number of carbonyl (C=O) groups excluding carboxylic acids is 2. The Hall–Kier alpha value is -0.430. The van der Waals surface area contributed by atoms with Gasteiger partial charge in [-0.2, -0.15) is 0 Å². The van der Waals surface area contributed by atoms with Gasteiger partial charge < -0.3 is 0 Å². The summed E-state index contributed by atoms with van der Waals surface area (Å²) in [5.74, 6) is -0.357. The first-order chi connectivity index (χ1) is 6.04. The van der Waals surface area contributed by atoms with Gasteiger partial charge in [0.05, 0.1) is 34.0 Å². The molecule has 0 N–H and O–H groups in total. The molecule has 0 aliphatic carbocycles. The highest BCUT2D eigenvalue weighted by Gasteiger charge is 2.38. The highest BCUT2D eigenvalue weighted by atomic mass is 127.